The van der Waals surface area contributed by atoms with E-state index in [9.17, 15) is 0 Å². The van der Waals surface area contributed by atoms with Gasteiger partial charge in [0.05, 0.1) is 16.8 Å². The summed E-state index contributed by atoms with van der Waals surface area (Å²) in [4.78, 5) is 7.38. The molecule has 0 fully saturated rings. The summed E-state index contributed by atoms with van der Waals surface area (Å²) in [5, 5.41) is 0.366. The predicted molar refractivity (Wildman–Crippen MR) is 55.8 cm³/mol. The fourth-order valence-electron chi connectivity index (χ4n) is 1.25. The summed E-state index contributed by atoms with van der Waals surface area (Å²) >= 11 is 11.9. The fourth-order valence-corrected chi connectivity index (χ4v) is 1.57. The molecule has 0 radical (unpaired) electrons. The molecular weight excluding hydrogens is 207 g/mol. The minimum absolute atomic E-state index is 0.246. The van der Waals surface area contributed by atoms with Gasteiger partial charge in [-0.3, -0.25) is 0 Å². The first kappa shape index (κ1) is 8.85. The summed E-state index contributed by atoms with van der Waals surface area (Å²) in [7, 11) is 0. The number of hydrogen-bond donors (Lipinski definition) is 1. The van der Waals surface area contributed by atoms with Crippen molar-refractivity contribution in [2.75, 3.05) is 0 Å². The largest absolute Gasteiger partial charge is 0.342 e. The molecule has 13 heavy (non-hydrogen) atoms. The van der Waals surface area contributed by atoms with Gasteiger partial charge in [0.15, 0.2) is 0 Å². The summed E-state index contributed by atoms with van der Waals surface area (Å²) < 4.78 is 0. The highest BCUT2D eigenvalue weighted by Gasteiger charge is 2.12. The lowest BCUT2D eigenvalue weighted by molar-refractivity contribution is 1.14. The minimum atomic E-state index is -0.246. The third-order valence-corrected chi connectivity index (χ3v) is 2.68. The van der Waals surface area contributed by atoms with Gasteiger partial charge in [-0.25, -0.2) is 4.98 Å². The Morgan fingerprint density at radius 1 is 1.54 bits per heavy atom. The molecule has 0 aliphatic heterocycles. The van der Waals surface area contributed by atoms with Crippen molar-refractivity contribution >= 4 is 35.4 Å². The molecule has 1 aliphatic rings. The Labute approximate surface area is 86.3 Å². The van der Waals surface area contributed by atoms with Crippen molar-refractivity contribution in [2.24, 2.45) is 0 Å². The third-order valence-electron chi connectivity index (χ3n) is 1.85. The van der Waals surface area contributed by atoms with Crippen molar-refractivity contribution in [1.82, 2.24) is 9.97 Å². The van der Waals surface area contributed by atoms with Gasteiger partial charge < -0.3 is 4.98 Å². The molecule has 0 saturated carbocycles. The number of hydrogen-bond acceptors (Lipinski definition) is 1. The molecule has 1 aromatic rings. The summed E-state index contributed by atoms with van der Waals surface area (Å²) in [5.41, 5.74) is 1.81. The molecule has 1 aromatic heterocycles. The molecule has 68 valence electrons. The molecule has 4 heteroatoms. The molecule has 1 aliphatic carbocycles. The van der Waals surface area contributed by atoms with E-state index in [0.29, 0.717) is 5.03 Å². The second-order valence-corrected chi connectivity index (χ2v) is 3.82. The lowest BCUT2D eigenvalue weighted by atomic mass is 10.3. The van der Waals surface area contributed by atoms with Crippen LogP contribution in [-0.2, 0) is 0 Å². The zero-order valence-corrected chi connectivity index (χ0v) is 8.52. The third kappa shape index (κ3) is 1.64. The zero-order chi connectivity index (χ0) is 9.42. The van der Waals surface area contributed by atoms with Gasteiger partial charge in [-0.05, 0) is 19.1 Å². The van der Waals surface area contributed by atoms with Gasteiger partial charge >= 0.3 is 0 Å². The van der Waals surface area contributed by atoms with Crippen molar-refractivity contribution < 1.29 is 0 Å². The number of imidazole rings is 1. The lowest BCUT2D eigenvalue weighted by Gasteiger charge is -1.97. The summed E-state index contributed by atoms with van der Waals surface area (Å²) in [6.07, 6.45) is 5.52. The van der Waals surface area contributed by atoms with Crippen molar-refractivity contribution in [3.05, 3.63) is 28.3 Å². The van der Waals surface area contributed by atoms with E-state index in [2.05, 4.69) is 9.97 Å². The number of aromatic nitrogens is 2. The van der Waals surface area contributed by atoms with E-state index in [1.807, 2.05) is 25.2 Å². The maximum absolute atomic E-state index is 5.94. The molecular formula is C9H8Cl2N2. The number of rotatable bonds is 0. The number of allylic oxidation sites excluding steroid dienone is 2. The molecule has 0 bridgehead atoms. The van der Waals surface area contributed by atoms with Gasteiger partial charge in [0.25, 0.3) is 0 Å². The highest BCUT2D eigenvalue weighted by atomic mass is 35.5. The summed E-state index contributed by atoms with van der Waals surface area (Å²) in [6.45, 7) is 1.91. The van der Waals surface area contributed by atoms with Gasteiger partial charge in [0, 0.05) is 5.03 Å². The Balaban J connectivity index is 2.54. The standard InChI is InChI=1S/C9H8Cl2N2/c1-5-12-8-3-2-6(10)7(11)4-9(8)13-5/h2-4,6H,1H3,(H,12,13). The first-order chi connectivity index (χ1) is 6.16. The van der Waals surface area contributed by atoms with Gasteiger partial charge in [0.1, 0.15) is 5.82 Å². The highest BCUT2D eigenvalue weighted by Crippen LogP contribution is 2.25. The number of aromatic amines is 1. The van der Waals surface area contributed by atoms with E-state index < -0.39 is 0 Å². The Morgan fingerprint density at radius 3 is 3.08 bits per heavy atom. The van der Waals surface area contributed by atoms with E-state index >= 15 is 0 Å². The first-order valence-electron chi connectivity index (χ1n) is 3.93. The van der Waals surface area contributed by atoms with E-state index in [4.69, 9.17) is 23.2 Å². The van der Waals surface area contributed by atoms with Gasteiger partial charge in [-0.15, -0.1) is 11.6 Å². The second kappa shape index (κ2) is 3.20. The number of alkyl halides is 1. The Morgan fingerprint density at radius 2 is 2.31 bits per heavy atom. The monoisotopic (exact) mass is 214 g/mol. The number of nitrogens with one attached hydrogen (secondary N) is 1. The molecule has 1 N–H and O–H groups in total. The highest BCUT2D eigenvalue weighted by molar-refractivity contribution is 6.39. The quantitative estimate of drug-likeness (QED) is 0.662. The number of aryl methyl sites for hydroxylation is 1. The van der Waals surface area contributed by atoms with Crippen LogP contribution in [0.4, 0.5) is 0 Å². The average molecular weight is 215 g/mol. The van der Waals surface area contributed by atoms with Crippen LogP contribution in [0, 0.1) is 6.92 Å². The molecule has 0 spiro atoms. The van der Waals surface area contributed by atoms with Crippen LogP contribution in [0.1, 0.15) is 17.2 Å². The van der Waals surface area contributed by atoms with Crippen LogP contribution in [0.25, 0.3) is 12.2 Å². The summed E-state index contributed by atoms with van der Waals surface area (Å²) in [6, 6.07) is 0. The van der Waals surface area contributed by atoms with Gasteiger partial charge in [0.2, 0.25) is 0 Å². The Hall–Kier alpha value is -0.730. The van der Waals surface area contributed by atoms with E-state index in [1.165, 1.54) is 0 Å². The molecule has 0 saturated heterocycles. The Bertz CT molecular complexity index is 390. The van der Waals surface area contributed by atoms with Crippen molar-refractivity contribution in [1.29, 1.82) is 0 Å². The number of halogens is 2. The van der Waals surface area contributed by atoms with E-state index in [-0.39, 0.29) is 5.38 Å². The lowest BCUT2D eigenvalue weighted by Crippen LogP contribution is -1.90. The van der Waals surface area contributed by atoms with Crippen LogP contribution < -0.4 is 0 Å². The van der Waals surface area contributed by atoms with E-state index in [0.717, 1.165) is 17.2 Å². The molecule has 1 unspecified atom stereocenters. The van der Waals surface area contributed by atoms with Crippen molar-refractivity contribution in [3.8, 4) is 0 Å². The van der Waals surface area contributed by atoms with Crippen LogP contribution in [0.3, 0.4) is 0 Å². The number of fused-ring (bicyclic) bond motifs is 1. The van der Waals surface area contributed by atoms with Crippen LogP contribution >= 0.6 is 23.2 Å². The smallest absolute Gasteiger partial charge is 0.104 e. The molecule has 0 aromatic carbocycles. The predicted octanol–water partition coefficient (Wildman–Crippen LogP) is 2.93. The normalized spacial score (nSPS) is 20.8. The number of H-pyrrole nitrogens is 1. The minimum Gasteiger partial charge on any atom is -0.342 e. The molecule has 2 nitrogen and oxygen atoms in total. The van der Waals surface area contributed by atoms with Crippen LogP contribution in [0.2, 0.25) is 0 Å². The molecule has 1 atom stereocenters. The van der Waals surface area contributed by atoms with Crippen LogP contribution in [0.5, 0.6) is 0 Å². The molecule has 2 rings (SSSR count). The second-order valence-electron chi connectivity index (χ2n) is 2.91. The summed E-state index contributed by atoms with van der Waals surface area (Å²) in [5.74, 6) is 0.878. The molecule has 1 heterocycles. The maximum Gasteiger partial charge on any atom is 0.104 e. The maximum atomic E-state index is 5.94. The van der Waals surface area contributed by atoms with Crippen LogP contribution in [0.15, 0.2) is 11.1 Å². The fraction of sp³-hybridized carbons (Fsp3) is 0.222. The average Bonchev–Trinajstić information content (AvgIpc) is 2.36. The molecule has 0 amide bonds. The zero-order valence-electron chi connectivity index (χ0n) is 7.01. The first-order valence-corrected chi connectivity index (χ1v) is 4.74. The van der Waals surface area contributed by atoms with Crippen LogP contribution in [-0.4, -0.2) is 15.3 Å². The topological polar surface area (TPSA) is 28.7 Å². The van der Waals surface area contributed by atoms with Crippen molar-refractivity contribution in [2.45, 2.75) is 12.3 Å². The van der Waals surface area contributed by atoms with Gasteiger partial charge in [-0.2, -0.15) is 0 Å². The number of nitrogens with zero attached hydrogens (tertiary/aromatic N) is 1. The van der Waals surface area contributed by atoms with Crippen molar-refractivity contribution in [3.63, 3.8) is 0 Å². The Kier molecular flexibility index (Phi) is 2.18. The van der Waals surface area contributed by atoms with Gasteiger partial charge in [-0.1, -0.05) is 17.7 Å². The SMILES string of the molecule is Cc1nc2c([nH]1)C=C(Cl)C(Cl)C=C2. The van der Waals surface area contributed by atoms with E-state index in [1.54, 1.807) is 0 Å².